The Labute approximate surface area is 79.4 Å². The van der Waals surface area contributed by atoms with Crippen LogP contribution in [-0.2, 0) is 0 Å². The molecule has 1 aromatic heterocycles. The first-order valence-electron chi connectivity index (χ1n) is 4.05. The highest BCUT2D eigenvalue weighted by atomic mass is 16.4. The van der Waals surface area contributed by atoms with Gasteiger partial charge in [0.1, 0.15) is 5.58 Å². The Hall–Kier alpha value is -1.97. The highest BCUT2D eigenvalue weighted by molar-refractivity contribution is 5.97. The summed E-state index contributed by atoms with van der Waals surface area (Å²) >= 11 is 0. The number of rotatable bonds is 1. The number of aromatic carboxylic acids is 1. The van der Waals surface area contributed by atoms with E-state index in [1.54, 1.807) is 18.2 Å². The first-order chi connectivity index (χ1) is 6.59. The van der Waals surface area contributed by atoms with E-state index >= 15 is 0 Å². The maximum Gasteiger partial charge on any atom is 0.375 e. The normalized spacial score (nSPS) is 10.6. The van der Waals surface area contributed by atoms with Gasteiger partial charge in [-0.1, -0.05) is 11.6 Å². The first-order valence-corrected chi connectivity index (χ1v) is 4.05. The van der Waals surface area contributed by atoms with Gasteiger partial charge in [-0.05, 0) is 19.1 Å². The van der Waals surface area contributed by atoms with Gasteiger partial charge in [0, 0.05) is 0 Å². The summed E-state index contributed by atoms with van der Waals surface area (Å²) in [6.45, 7) is 1.85. The average Bonchev–Trinajstić information content (AvgIpc) is 2.44. The van der Waals surface area contributed by atoms with Crippen molar-refractivity contribution < 1.29 is 19.4 Å². The van der Waals surface area contributed by atoms with Gasteiger partial charge in [0.25, 0.3) is 5.76 Å². The van der Waals surface area contributed by atoms with Crippen molar-refractivity contribution in [2.75, 3.05) is 0 Å². The first kappa shape index (κ1) is 8.62. The van der Waals surface area contributed by atoms with E-state index in [-0.39, 0.29) is 5.75 Å². The van der Waals surface area contributed by atoms with Gasteiger partial charge in [-0.2, -0.15) is 0 Å². The molecule has 0 aliphatic carbocycles. The molecule has 2 aromatic rings. The van der Waals surface area contributed by atoms with E-state index in [0.29, 0.717) is 11.0 Å². The number of aryl methyl sites for hydroxylation is 1. The van der Waals surface area contributed by atoms with Crippen LogP contribution in [-0.4, -0.2) is 16.2 Å². The molecule has 72 valence electrons. The molecular weight excluding hydrogens is 184 g/mol. The fourth-order valence-electron chi connectivity index (χ4n) is 1.34. The van der Waals surface area contributed by atoms with E-state index in [1.807, 2.05) is 6.92 Å². The minimum absolute atomic E-state index is 0.309. The predicted molar refractivity (Wildman–Crippen MR) is 49.6 cm³/mol. The molecule has 0 bridgehead atoms. The molecule has 0 aliphatic rings. The summed E-state index contributed by atoms with van der Waals surface area (Å²) in [5, 5.41) is 18.6. The van der Waals surface area contributed by atoms with Crippen molar-refractivity contribution in [3.63, 3.8) is 0 Å². The van der Waals surface area contributed by atoms with Crippen LogP contribution in [0.1, 0.15) is 16.1 Å². The number of furan rings is 1. The monoisotopic (exact) mass is 192 g/mol. The molecule has 0 aliphatic heterocycles. The Morgan fingerprint density at radius 1 is 1.43 bits per heavy atom. The van der Waals surface area contributed by atoms with Crippen LogP contribution in [0.15, 0.2) is 22.6 Å². The number of hydrogen-bond donors (Lipinski definition) is 2. The Kier molecular flexibility index (Phi) is 1.70. The molecule has 0 saturated carbocycles. The molecule has 0 saturated heterocycles. The van der Waals surface area contributed by atoms with Crippen LogP contribution >= 0.6 is 0 Å². The summed E-state index contributed by atoms with van der Waals surface area (Å²) < 4.78 is 4.97. The molecule has 0 radical (unpaired) electrons. The van der Waals surface area contributed by atoms with Crippen molar-refractivity contribution in [1.82, 2.24) is 0 Å². The Bertz CT molecular complexity index is 510. The third-order valence-corrected chi connectivity index (χ3v) is 2.01. The van der Waals surface area contributed by atoms with Gasteiger partial charge in [-0.15, -0.1) is 0 Å². The highest BCUT2D eigenvalue weighted by Crippen LogP contribution is 2.32. The van der Waals surface area contributed by atoms with Crippen molar-refractivity contribution in [2.45, 2.75) is 6.92 Å². The van der Waals surface area contributed by atoms with Crippen LogP contribution < -0.4 is 0 Å². The minimum atomic E-state index is -1.27. The van der Waals surface area contributed by atoms with Crippen LogP contribution in [0.4, 0.5) is 0 Å². The van der Waals surface area contributed by atoms with E-state index in [1.165, 1.54) is 0 Å². The topological polar surface area (TPSA) is 70.7 Å². The van der Waals surface area contributed by atoms with Crippen LogP contribution in [0.25, 0.3) is 11.0 Å². The lowest BCUT2D eigenvalue weighted by Gasteiger charge is -1.90. The number of fused-ring (bicyclic) bond motifs is 1. The van der Waals surface area contributed by atoms with Gasteiger partial charge in [0.15, 0.2) is 5.75 Å². The number of carboxylic acid groups (broad SMARTS) is 1. The van der Waals surface area contributed by atoms with E-state index in [2.05, 4.69) is 0 Å². The maximum atomic E-state index is 10.6. The fourth-order valence-corrected chi connectivity index (χ4v) is 1.34. The van der Waals surface area contributed by atoms with Crippen LogP contribution in [0.3, 0.4) is 0 Å². The standard InChI is InChI=1S/C10H8O4/c1-5-2-3-7-6(4-5)8(11)9(14-7)10(12)13/h2-4,11H,1H3,(H,12,13). The number of carboxylic acids is 1. The molecule has 1 heterocycles. The van der Waals surface area contributed by atoms with Crippen molar-refractivity contribution in [3.05, 3.63) is 29.5 Å². The molecule has 1 aromatic carbocycles. The van der Waals surface area contributed by atoms with Crippen molar-refractivity contribution in [1.29, 1.82) is 0 Å². The third kappa shape index (κ3) is 1.12. The zero-order valence-electron chi connectivity index (χ0n) is 7.44. The number of benzene rings is 1. The summed E-state index contributed by atoms with van der Waals surface area (Å²) in [7, 11) is 0. The van der Waals surface area contributed by atoms with Crippen molar-refractivity contribution in [3.8, 4) is 5.75 Å². The predicted octanol–water partition coefficient (Wildman–Crippen LogP) is 2.15. The van der Waals surface area contributed by atoms with E-state index in [0.717, 1.165) is 5.56 Å². The molecule has 0 unspecified atom stereocenters. The second-order valence-electron chi connectivity index (χ2n) is 3.08. The summed E-state index contributed by atoms with van der Waals surface area (Å²) in [6.07, 6.45) is 0. The number of aromatic hydroxyl groups is 1. The molecular formula is C10H8O4. The Balaban J connectivity index is 2.80. The van der Waals surface area contributed by atoms with Gasteiger partial charge in [0.05, 0.1) is 5.39 Å². The van der Waals surface area contributed by atoms with Gasteiger partial charge in [-0.3, -0.25) is 0 Å². The quantitative estimate of drug-likeness (QED) is 0.726. The van der Waals surface area contributed by atoms with Crippen LogP contribution in [0.2, 0.25) is 0 Å². The fraction of sp³-hybridized carbons (Fsp3) is 0.100. The lowest BCUT2D eigenvalue weighted by molar-refractivity contribution is 0.0660. The molecule has 14 heavy (non-hydrogen) atoms. The molecule has 0 amide bonds. The van der Waals surface area contributed by atoms with Crippen LogP contribution in [0.5, 0.6) is 5.75 Å². The molecule has 0 fully saturated rings. The molecule has 2 rings (SSSR count). The summed E-state index contributed by atoms with van der Waals surface area (Å²) in [4.78, 5) is 10.6. The molecule has 4 nitrogen and oxygen atoms in total. The highest BCUT2D eigenvalue weighted by Gasteiger charge is 2.18. The lowest BCUT2D eigenvalue weighted by Crippen LogP contribution is -1.92. The number of carbonyl (C=O) groups is 1. The second-order valence-corrected chi connectivity index (χ2v) is 3.08. The molecule has 4 heteroatoms. The van der Waals surface area contributed by atoms with E-state index < -0.39 is 11.7 Å². The Morgan fingerprint density at radius 3 is 2.79 bits per heavy atom. The third-order valence-electron chi connectivity index (χ3n) is 2.01. The van der Waals surface area contributed by atoms with Crippen molar-refractivity contribution in [2.24, 2.45) is 0 Å². The molecule has 2 N–H and O–H groups in total. The number of hydrogen-bond acceptors (Lipinski definition) is 3. The van der Waals surface area contributed by atoms with E-state index in [4.69, 9.17) is 9.52 Å². The van der Waals surface area contributed by atoms with Gasteiger partial charge < -0.3 is 14.6 Å². The largest absolute Gasteiger partial charge is 0.504 e. The zero-order valence-corrected chi connectivity index (χ0v) is 7.44. The van der Waals surface area contributed by atoms with Crippen molar-refractivity contribution >= 4 is 16.9 Å². The van der Waals surface area contributed by atoms with Crippen LogP contribution in [0, 0.1) is 6.92 Å². The van der Waals surface area contributed by atoms with Gasteiger partial charge >= 0.3 is 5.97 Å². The maximum absolute atomic E-state index is 10.6. The second kappa shape index (κ2) is 2.77. The van der Waals surface area contributed by atoms with Gasteiger partial charge in [-0.25, -0.2) is 4.79 Å². The van der Waals surface area contributed by atoms with Gasteiger partial charge in [0.2, 0.25) is 0 Å². The summed E-state index contributed by atoms with van der Waals surface area (Å²) in [6, 6.07) is 5.11. The minimum Gasteiger partial charge on any atom is -0.504 e. The molecule has 0 spiro atoms. The van der Waals surface area contributed by atoms with E-state index in [9.17, 15) is 9.90 Å². The zero-order chi connectivity index (χ0) is 10.3. The summed E-state index contributed by atoms with van der Waals surface area (Å²) in [5.41, 5.74) is 1.32. The lowest BCUT2D eigenvalue weighted by atomic mass is 10.2. The Morgan fingerprint density at radius 2 is 2.14 bits per heavy atom. The molecule has 0 atom stereocenters. The summed E-state index contributed by atoms with van der Waals surface area (Å²) in [5.74, 6) is -1.99. The average molecular weight is 192 g/mol. The smallest absolute Gasteiger partial charge is 0.375 e. The SMILES string of the molecule is Cc1ccc2oc(C(=O)O)c(O)c2c1.